The molecule has 31 heavy (non-hydrogen) atoms. The van der Waals surface area contributed by atoms with Crippen molar-refractivity contribution in [3.63, 3.8) is 0 Å². The fraction of sp³-hybridized carbons (Fsp3) is 0.158. The third-order valence-electron chi connectivity index (χ3n) is 4.05. The van der Waals surface area contributed by atoms with Crippen molar-refractivity contribution in [3.05, 3.63) is 52.4 Å². The Hall–Kier alpha value is -3.09. The second kappa shape index (κ2) is 8.96. The van der Waals surface area contributed by atoms with E-state index in [-0.39, 0.29) is 12.3 Å². The molecule has 12 heteroatoms. The van der Waals surface area contributed by atoms with Gasteiger partial charge in [0.15, 0.2) is 5.13 Å². The standard InChI is InChI=1S/C19H17N5O4S3/c1-31(26,27)24-14-4-2-12(3-5-14)15-11-30-19(20-15)21-16(25)6-7-17-22-18(23-28-17)13-8-9-29-10-13/h2-5,8-11,24H,6-7H2,1H3,(H,20,21,25). The number of carbonyl (C=O) groups excluding carboxylic acids is 1. The van der Waals surface area contributed by atoms with Crippen LogP contribution in [0.1, 0.15) is 12.3 Å². The van der Waals surface area contributed by atoms with Crippen molar-refractivity contribution in [2.45, 2.75) is 12.8 Å². The molecule has 4 aromatic rings. The second-order valence-electron chi connectivity index (χ2n) is 6.56. The zero-order chi connectivity index (χ0) is 21.8. The molecule has 0 radical (unpaired) electrons. The fourth-order valence-electron chi connectivity index (χ4n) is 2.65. The van der Waals surface area contributed by atoms with Gasteiger partial charge in [-0.15, -0.1) is 11.3 Å². The normalized spacial score (nSPS) is 11.4. The molecule has 1 amide bonds. The average Bonchev–Trinajstić information content (AvgIpc) is 3.47. The first kappa shape index (κ1) is 21.2. The van der Waals surface area contributed by atoms with Gasteiger partial charge in [0.1, 0.15) is 0 Å². The minimum absolute atomic E-state index is 0.187. The van der Waals surface area contributed by atoms with Gasteiger partial charge in [0, 0.05) is 40.4 Å². The number of nitrogens with one attached hydrogen (secondary N) is 2. The van der Waals surface area contributed by atoms with Gasteiger partial charge in [0.25, 0.3) is 0 Å². The van der Waals surface area contributed by atoms with Gasteiger partial charge in [0.05, 0.1) is 11.9 Å². The molecule has 3 heterocycles. The van der Waals surface area contributed by atoms with E-state index in [1.165, 1.54) is 11.3 Å². The molecule has 2 N–H and O–H groups in total. The quantitative estimate of drug-likeness (QED) is 0.396. The number of hydrogen-bond acceptors (Lipinski definition) is 9. The summed E-state index contributed by atoms with van der Waals surface area (Å²) in [5.41, 5.74) is 2.85. The van der Waals surface area contributed by atoms with Crippen molar-refractivity contribution < 1.29 is 17.7 Å². The minimum Gasteiger partial charge on any atom is -0.339 e. The first-order chi connectivity index (χ1) is 14.9. The Morgan fingerprint density at radius 1 is 1.10 bits per heavy atom. The molecule has 160 valence electrons. The summed E-state index contributed by atoms with van der Waals surface area (Å²) in [6, 6.07) is 8.73. The molecule has 0 aliphatic carbocycles. The molecule has 1 aromatic carbocycles. The molecule has 0 aliphatic rings. The molecular weight excluding hydrogens is 458 g/mol. The first-order valence-corrected chi connectivity index (χ1v) is 12.8. The summed E-state index contributed by atoms with van der Waals surface area (Å²) in [6.45, 7) is 0. The third kappa shape index (κ3) is 5.75. The topological polar surface area (TPSA) is 127 Å². The van der Waals surface area contributed by atoms with E-state index in [9.17, 15) is 13.2 Å². The number of hydrogen-bond donors (Lipinski definition) is 2. The summed E-state index contributed by atoms with van der Waals surface area (Å²) in [4.78, 5) is 21.0. The Labute approximate surface area is 186 Å². The number of thiazole rings is 1. The van der Waals surface area contributed by atoms with Crippen LogP contribution in [0.3, 0.4) is 0 Å². The van der Waals surface area contributed by atoms with Crippen molar-refractivity contribution in [1.82, 2.24) is 15.1 Å². The molecule has 4 rings (SSSR count). The number of aryl methyl sites for hydroxylation is 1. The molecule has 0 aliphatic heterocycles. The van der Waals surface area contributed by atoms with Gasteiger partial charge >= 0.3 is 0 Å². The van der Waals surface area contributed by atoms with Crippen LogP contribution in [0.25, 0.3) is 22.6 Å². The van der Waals surface area contributed by atoms with Crippen LogP contribution in [-0.2, 0) is 21.2 Å². The molecule has 3 aromatic heterocycles. The maximum atomic E-state index is 12.2. The molecule has 0 saturated heterocycles. The van der Waals surface area contributed by atoms with E-state index >= 15 is 0 Å². The van der Waals surface area contributed by atoms with Crippen molar-refractivity contribution in [2.75, 3.05) is 16.3 Å². The Bertz CT molecular complexity index is 1280. The van der Waals surface area contributed by atoms with E-state index in [0.717, 1.165) is 17.4 Å². The molecule has 0 bridgehead atoms. The maximum Gasteiger partial charge on any atom is 0.229 e. The predicted molar refractivity (Wildman–Crippen MR) is 121 cm³/mol. The van der Waals surface area contributed by atoms with Crippen LogP contribution >= 0.6 is 22.7 Å². The number of nitrogens with zero attached hydrogens (tertiary/aromatic N) is 3. The SMILES string of the molecule is CS(=O)(=O)Nc1ccc(-c2csc(NC(=O)CCc3nc(-c4ccsc4)no3)n2)cc1. The van der Waals surface area contributed by atoms with Gasteiger partial charge < -0.3 is 9.84 Å². The highest BCUT2D eigenvalue weighted by molar-refractivity contribution is 7.92. The van der Waals surface area contributed by atoms with Gasteiger partial charge in [0.2, 0.25) is 27.6 Å². The van der Waals surface area contributed by atoms with E-state index in [2.05, 4.69) is 25.2 Å². The molecule has 9 nitrogen and oxygen atoms in total. The Balaban J connectivity index is 1.32. The molecule has 0 atom stereocenters. The van der Waals surface area contributed by atoms with Crippen LogP contribution in [0, 0.1) is 0 Å². The monoisotopic (exact) mass is 475 g/mol. The highest BCUT2D eigenvalue weighted by Gasteiger charge is 2.13. The van der Waals surface area contributed by atoms with Gasteiger partial charge in [-0.05, 0) is 23.6 Å². The van der Waals surface area contributed by atoms with Crippen molar-refractivity contribution in [2.24, 2.45) is 0 Å². The number of anilines is 2. The van der Waals surface area contributed by atoms with E-state index in [1.54, 1.807) is 35.6 Å². The van der Waals surface area contributed by atoms with E-state index < -0.39 is 10.0 Å². The number of rotatable bonds is 8. The van der Waals surface area contributed by atoms with Gasteiger partial charge in [-0.1, -0.05) is 17.3 Å². The molecule has 0 fully saturated rings. The zero-order valence-electron chi connectivity index (χ0n) is 16.2. The number of thiophene rings is 1. The number of aromatic nitrogens is 3. The predicted octanol–water partition coefficient (Wildman–Crippen LogP) is 3.86. The molecule has 0 unspecified atom stereocenters. The number of benzene rings is 1. The summed E-state index contributed by atoms with van der Waals surface area (Å²) in [6.07, 6.45) is 1.61. The van der Waals surface area contributed by atoms with Gasteiger partial charge in [-0.2, -0.15) is 16.3 Å². The Kier molecular flexibility index (Phi) is 6.11. The minimum atomic E-state index is -3.33. The number of amides is 1. The largest absolute Gasteiger partial charge is 0.339 e. The highest BCUT2D eigenvalue weighted by atomic mass is 32.2. The van der Waals surface area contributed by atoms with Crippen molar-refractivity contribution >= 4 is 49.4 Å². The highest BCUT2D eigenvalue weighted by Crippen LogP contribution is 2.26. The molecule has 0 spiro atoms. The summed E-state index contributed by atoms with van der Waals surface area (Å²) < 4.78 is 30.2. The lowest BCUT2D eigenvalue weighted by Crippen LogP contribution is -2.12. The lowest BCUT2D eigenvalue weighted by atomic mass is 10.1. The maximum absolute atomic E-state index is 12.2. The van der Waals surface area contributed by atoms with Crippen LogP contribution in [0.2, 0.25) is 0 Å². The van der Waals surface area contributed by atoms with Crippen molar-refractivity contribution in [1.29, 1.82) is 0 Å². The van der Waals surface area contributed by atoms with E-state index in [0.29, 0.717) is 34.6 Å². The lowest BCUT2D eigenvalue weighted by molar-refractivity contribution is -0.116. The zero-order valence-corrected chi connectivity index (χ0v) is 18.7. The smallest absolute Gasteiger partial charge is 0.229 e. The van der Waals surface area contributed by atoms with Gasteiger partial charge in [-0.25, -0.2) is 13.4 Å². The summed E-state index contributed by atoms with van der Waals surface area (Å²) >= 11 is 2.85. The second-order valence-corrected chi connectivity index (χ2v) is 9.95. The van der Waals surface area contributed by atoms with Gasteiger partial charge in [-0.3, -0.25) is 9.52 Å². The third-order valence-corrected chi connectivity index (χ3v) is 6.10. The summed E-state index contributed by atoms with van der Waals surface area (Å²) in [5.74, 6) is 0.710. The van der Waals surface area contributed by atoms with E-state index in [4.69, 9.17) is 4.52 Å². The van der Waals surface area contributed by atoms with Crippen LogP contribution < -0.4 is 10.0 Å². The number of carbonyl (C=O) groups is 1. The van der Waals surface area contributed by atoms with Crippen LogP contribution in [0.5, 0.6) is 0 Å². The van der Waals surface area contributed by atoms with Crippen LogP contribution in [0.15, 0.2) is 51.0 Å². The molecular formula is C19H17N5O4S3. The Morgan fingerprint density at radius 2 is 1.90 bits per heavy atom. The summed E-state index contributed by atoms with van der Waals surface area (Å²) in [7, 11) is -3.33. The summed E-state index contributed by atoms with van der Waals surface area (Å²) in [5, 5.41) is 12.8. The fourth-order valence-corrected chi connectivity index (χ4v) is 4.59. The van der Waals surface area contributed by atoms with Crippen LogP contribution in [-0.4, -0.2) is 35.7 Å². The van der Waals surface area contributed by atoms with Crippen LogP contribution in [0.4, 0.5) is 10.8 Å². The van der Waals surface area contributed by atoms with Crippen molar-refractivity contribution in [3.8, 4) is 22.6 Å². The lowest BCUT2D eigenvalue weighted by Gasteiger charge is -2.04. The first-order valence-electron chi connectivity index (χ1n) is 9.04. The molecule has 0 saturated carbocycles. The Morgan fingerprint density at radius 3 is 2.61 bits per heavy atom. The van der Waals surface area contributed by atoms with E-state index in [1.807, 2.05) is 22.2 Å². The average molecular weight is 476 g/mol. The number of sulfonamides is 1.